The first-order valence-electron chi connectivity index (χ1n) is 7.92. The van der Waals surface area contributed by atoms with Crippen molar-refractivity contribution >= 4 is 16.5 Å². The summed E-state index contributed by atoms with van der Waals surface area (Å²) in [5.74, 6) is 0. The Kier molecular flexibility index (Phi) is 6.26. The van der Waals surface area contributed by atoms with Crippen molar-refractivity contribution in [3.05, 3.63) is 11.1 Å². The summed E-state index contributed by atoms with van der Waals surface area (Å²) in [6.07, 6.45) is 2.44. The fraction of sp³-hybridized carbons (Fsp3) is 0.800. The predicted octanol–water partition coefficient (Wildman–Crippen LogP) is 2.56. The van der Waals surface area contributed by atoms with E-state index >= 15 is 0 Å². The van der Waals surface area contributed by atoms with Gasteiger partial charge in [0.05, 0.1) is 5.69 Å². The van der Waals surface area contributed by atoms with Gasteiger partial charge in [-0.3, -0.25) is 4.90 Å². The van der Waals surface area contributed by atoms with E-state index in [2.05, 4.69) is 41.3 Å². The highest BCUT2D eigenvalue weighted by Gasteiger charge is 2.27. The zero-order valence-electron chi connectivity index (χ0n) is 13.1. The van der Waals surface area contributed by atoms with Crippen LogP contribution in [0.3, 0.4) is 0 Å². The normalized spacial score (nSPS) is 19.2. The van der Waals surface area contributed by atoms with Crippen LogP contribution in [-0.4, -0.2) is 48.6 Å². The van der Waals surface area contributed by atoms with Crippen LogP contribution in [0.15, 0.2) is 5.38 Å². The highest BCUT2D eigenvalue weighted by atomic mass is 32.1. The van der Waals surface area contributed by atoms with Crippen molar-refractivity contribution < 1.29 is 0 Å². The van der Waals surface area contributed by atoms with E-state index in [9.17, 15) is 0 Å². The molecule has 0 spiro atoms. The van der Waals surface area contributed by atoms with Crippen LogP contribution in [-0.2, 0) is 6.54 Å². The van der Waals surface area contributed by atoms with Gasteiger partial charge in [0.15, 0.2) is 5.13 Å². The van der Waals surface area contributed by atoms with Gasteiger partial charge in [-0.1, -0.05) is 20.8 Å². The van der Waals surface area contributed by atoms with Crippen molar-refractivity contribution in [1.82, 2.24) is 15.2 Å². The molecule has 0 aromatic carbocycles. The lowest BCUT2D eigenvalue weighted by Crippen LogP contribution is -2.37. The van der Waals surface area contributed by atoms with E-state index in [1.54, 1.807) is 11.3 Å². The van der Waals surface area contributed by atoms with Gasteiger partial charge in [-0.15, -0.1) is 11.3 Å². The molecule has 1 unspecified atom stereocenters. The minimum Gasteiger partial charge on any atom is -0.346 e. The summed E-state index contributed by atoms with van der Waals surface area (Å²) in [6.45, 7) is 13.3. The average Bonchev–Trinajstić information content (AvgIpc) is 3.09. The minimum atomic E-state index is 0.704. The molecule has 0 radical (unpaired) electrons. The number of aromatic nitrogens is 1. The molecule has 0 amide bonds. The first-order chi connectivity index (χ1) is 9.78. The number of rotatable bonds is 8. The molecule has 0 saturated carbocycles. The molecule has 1 N–H and O–H groups in total. The fourth-order valence-corrected chi connectivity index (χ4v) is 3.73. The third kappa shape index (κ3) is 3.93. The Balaban J connectivity index is 1.86. The molecule has 20 heavy (non-hydrogen) atoms. The molecule has 0 bridgehead atoms. The second kappa shape index (κ2) is 7.96. The van der Waals surface area contributed by atoms with Crippen molar-refractivity contribution in [2.75, 3.05) is 37.6 Å². The molecule has 1 saturated heterocycles. The van der Waals surface area contributed by atoms with Crippen LogP contribution < -0.4 is 10.2 Å². The van der Waals surface area contributed by atoms with Crippen molar-refractivity contribution in [2.24, 2.45) is 0 Å². The number of nitrogens with zero attached hydrogens (tertiary/aromatic N) is 3. The van der Waals surface area contributed by atoms with Gasteiger partial charge in [-0.25, -0.2) is 4.98 Å². The highest BCUT2D eigenvalue weighted by Crippen LogP contribution is 2.26. The second-order valence-electron chi connectivity index (χ2n) is 5.41. The quantitative estimate of drug-likeness (QED) is 0.747. The minimum absolute atomic E-state index is 0.704. The Morgan fingerprint density at radius 3 is 2.90 bits per heavy atom. The van der Waals surface area contributed by atoms with Gasteiger partial charge in [0.1, 0.15) is 0 Å². The number of anilines is 1. The SMILES string of the molecule is CCCNCc1csc(N2CCC(N(CC)CC)C2)n1. The Labute approximate surface area is 127 Å². The lowest BCUT2D eigenvalue weighted by atomic mass is 10.2. The molecule has 1 aromatic heterocycles. The molecule has 114 valence electrons. The number of hydrogen-bond donors (Lipinski definition) is 1. The average molecular weight is 296 g/mol. The maximum Gasteiger partial charge on any atom is 0.185 e. The van der Waals surface area contributed by atoms with E-state index in [1.165, 1.54) is 23.7 Å². The maximum absolute atomic E-state index is 4.77. The van der Waals surface area contributed by atoms with Gasteiger partial charge >= 0.3 is 0 Å². The maximum atomic E-state index is 4.77. The Hall–Kier alpha value is -0.650. The summed E-state index contributed by atoms with van der Waals surface area (Å²) in [5, 5.41) is 6.82. The van der Waals surface area contributed by atoms with E-state index in [1.807, 2.05) is 0 Å². The third-order valence-electron chi connectivity index (χ3n) is 4.04. The van der Waals surface area contributed by atoms with Crippen LogP contribution in [0, 0.1) is 0 Å². The van der Waals surface area contributed by atoms with Crippen molar-refractivity contribution in [3.8, 4) is 0 Å². The Morgan fingerprint density at radius 2 is 2.20 bits per heavy atom. The van der Waals surface area contributed by atoms with Crippen LogP contribution in [0.5, 0.6) is 0 Å². The van der Waals surface area contributed by atoms with Crippen molar-refractivity contribution in [1.29, 1.82) is 0 Å². The largest absolute Gasteiger partial charge is 0.346 e. The molecule has 5 heteroatoms. The van der Waals surface area contributed by atoms with E-state index in [-0.39, 0.29) is 0 Å². The monoisotopic (exact) mass is 296 g/mol. The van der Waals surface area contributed by atoms with Gasteiger partial charge in [-0.2, -0.15) is 0 Å². The summed E-state index contributed by atoms with van der Waals surface area (Å²) in [5.41, 5.74) is 1.18. The Morgan fingerprint density at radius 1 is 1.40 bits per heavy atom. The summed E-state index contributed by atoms with van der Waals surface area (Å²) in [6, 6.07) is 0.704. The molecule has 4 nitrogen and oxygen atoms in total. The first-order valence-corrected chi connectivity index (χ1v) is 8.80. The van der Waals surface area contributed by atoms with Crippen molar-refractivity contribution in [3.63, 3.8) is 0 Å². The van der Waals surface area contributed by atoms with Gasteiger partial charge in [-0.05, 0) is 32.5 Å². The zero-order valence-corrected chi connectivity index (χ0v) is 13.9. The third-order valence-corrected chi connectivity index (χ3v) is 4.99. The van der Waals surface area contributed by atoms with E-state index in [0.29, 0.717) is 6.04 Å². The van der Waals surface area contributed by atoms with Gasteiger partial charge in [0.25, 0.3) is 0 Å². The smallest absolute Gasteiger partial charge is 0.185 e. The van der Waals surface area contributed by atoms with Crippen LogP contribution in [0.2, 0.25) is 0 Å². The van der Waals surface area contributed by atoms with Crippen LogP contribution in [0.25, 0.3) is 0 Å². The lowest BCUT2D eigenvalue weighted by Gasteiger charge is -2.25. The summed E-state index contributed by atoms with van der Waals surface area (Å²) < 4.78 is 0. The molecule has 2 heterocycles. The molecule has 2 rings (SSSR count). The van der Waals surface area contributed by atoms with E-state index < -0.39 is 0 Å². The fourth-order valence-electron chi connectivity index (χ4n) is 2.87. The number of likely N-dealkylation sites (N-methyl/N-ethyl adjacent to an activating group) is 1. The summed E-state index contributed by atoms with van der Waals surface area (Å²) in [7, 11) is 0. The molecule has 1 aliphatic rings. The Bertz CT molecular complexity index is 389. The first kappa shape index (κ1) is 15.7. The van der Waals surface area contributed by atoms with Crippen LogP contribution >= 0.6 is 11.3 Å². The molecule has 1 atom stereocenters. The predicted molar refractivity (Wildman–Crippen MR) is 87.7 cm³/mol. The van der Waals surface area contributed by atoms with Gasteiger partial charge in [0.2, 0.25) is 0 Å². The highest BCUT2D eigenvalue weighted by molar-refractivity contribution is 7.13. The zero-order chi connectivity index (χ0) is 14.4. The number of thiazole rings is 1. The second-order valence-corrected chi connectivity index (χ2v) is 6.24. The molecule has 1 fully saturated rings. The van der Waals surface area contributed by atoms with Gasteiger partial charge < -0.3 is 10.2 Å². The molecular weight excluding hydrogens is 268 g/mol. The topological polar surface area (TPSA) is 31.4 Å². The molecule has 0 aliphatic carbocycles. The standard InChI is InChI=1S/C15H28N4S/c1-4-8-16-10-13-12-20-15(17-13)19-9-7-14(11-19)18(5-2)6-3/h12,14,16H,4-11H2,1-3H3. The lowest BCUT2D eigenvalue weighted by molar-refractivity contribution is 0.232. The summed E-state index contributed by atoms with van der Waals surface area (Å²) >= 11 is 1.79. The van der Waals surface area contributed by atoms with E-state index in [4.69, 9.17) is 4.98 Å². The molecule has 1 aromatic rings. The molecular formula is C15H28N4S. The van der Waals surface area contributed by atoms with Gasteiger partial charge in [0, 0.05) is 31.1 Å². The number of nitrogens with one attached hydrogen (secondary N) is 1. The summed E-state index contributed by atoms with van der Waals surface area (Å²) in [4.78, 5) is 9.80. The van der Waals surface area contributed by atoms with Crippen molar-refractivity contribution in [2.45, 2.75) is 46.2 Å². The van der Waals surface area contributed by atoms with E-state index in [0.717, 1.165) is 39.3 Å². The van der Waals surface area contributed by atoms with Crippen LogP contribution in [0.4, 0.5) is 5.13 Å². The van der Waals surface area contributed by atoms with Crippen LogP contribution in [0.1, 0.15) is 39.3 Å². The molecule has 1 aliphatic heterocycles. The number of hydrogen-bond acceptors (Lipinski definition) is 5.